The molecule has 0 aromatic heterocycles. The van der Waals surface area contributed by atoms with E-state index in [-0.39, 0.29) is 5.41 Å². The smallest absolute Gasteiger partial charge is 0.0713 e. The highest BCUT2D eigenvalue weighted by atomic mass is 15.1. The molecule has 0 atom stereocenters. The Hall–Kier alpha value is -8.52. The molecule has 11 aromatic rings. The molecule has 13 rings (SSSR count). The average molecular weight is 880 g/mol. The Labute approximate surface area is 405 Å². The van der Waals surface area contributed by atoms with Gasteiger partial charge in [-0.05, 0) is 119 Å². The quantitative estimate of drug-likeness (QED) is 0.147. The highest BCUT2D eigenvalue weighted by molar-refractivity contribution is 6.08. The first-order chi connectivity index (χ1) is 34.0. The normalized spacial score (nSPS) is 13.6. The minimum absolute atomic E-state index is 0.101. The van der Waals surface area contributed by atoms with Gasteiger partial charge in [0.25, 0.3) is 0 Å². The fraction of sp³-hybridized carbons (Fsp3) is 0.0588. The van der Waals surface area contributed by atoms with Crippen LogP contribution < -0.4 is 4.90 Å². The molecule has 2 aliphatic carbocycles. The van der Waals surface area contributed by atoms with E-state index in [4.69, 9.17) is 0 Å². The summed E-state index contributed by atoms with van der Waals surface area (Å²) in [6.07, 6.45) is 0. The first-order valence-electron chi connectivity index (χ1n) is 24.2. The summed E-state index contributed by atoms with van der Waals surface area (Å²) in [6, 6.07) is 97.1. The van der Waals surface area contributed by atoms with Crippen LogP contribution in [0.2, 0.25) is 0 Å². The molecule has 2 aliphatic rings. The zero-order valence-electron chi connectivity index (χ0n) is 38.8. The minimum Gasteiger partial charge on any atom is -0.309 e. The van der Waals surface area contributed by atoms with Crippen molar-refractivity contribution in [3.63, 3.8) is 0 Å². The van der Waals surface area contributed by atoms with Gasteiger partial charge in [-0.2, -0.15) is 0 Å². The van der Waals surface area contributed by atoms with Gasteiger partial charge in [0.1, 0.15) is 0 Å². The van der Waals surface area contributed by atoms with Gasteiger partial charge in [-0.25, -0.2) is 0 Å². The Morgan fingerprint density at radius 3 is 1.52 bits per heavy atom. The van der Waals surface area contributed by atoms with E-state index < -0.39 is 5.41 Å². The molecule has 69 heavy (non-hydrogen) atoms. The van der Waals surface area contributed by atoms with Crippen molar-refractivity contribution in [2.75, 3.05) is 4.90 Å². The van der Waals surface area contributed by atoms with Gasteiger partial charge in [-0.1, -0.05) is 244 Å². The van der Waals surface area contributed by atoms with Crippen molar-refractivity contribution in [2.24, 2.45) is 0 Å². The molecule has 1 nitrogen and oxygen atoms in total. The average Bonchev–Trinajstić information content (AvgIpc) is 3.84. The molecular formula is C68H49N. The van der Waals surface area contributed by atoms with Crippen molar-refractivity contribution < 1.29 is 0 Å². The number of rotatable bonds is 8. The van der Waals surface area contributed by atoms with E-state index in [1.807, 2.05) is 0 Å². The lowest BCUT2D eigenvalue weighted by atomic mass is 9.68. The Balaban J connectivity index is 1.14. The number of benzene rings is 11. The first kappa shape index (κ1) is 40.7. The molecule has 0 unspecified atom stereocenters. The lowest BCUT2D eigenvalue weighted by Crippen LogP contribution is -2.28. The van der Waals surface area contributed by atoms with Crippen LogP contribution >= 0.6 is 0 Å². The van der Waals surface area contributed by atoms with E-state index in [0.717, 1.165) is 22.6 Å². The fourth-order valence-electron chi connectivity index (χ4n) is 12.1. The van der Waals surface area contributed by atoms with Crippen LogP contribution in [0.4, 0.5) is 17.1 Å². The second-order valence-electron chi connectivity index (χ2n) is 19.1. The van der Waals surface area contributed by atoms with Crippen LogP contribution in [0, 0.1) is 0 Å². The predicted molar refractivity (Wildman–Crippen MR) is 290 cm³/mol. The van der Waals surface area contributed by atoms with Gasteiger partial charge in [0.05, 0.1) is 16.8 Å². The van der Waals surface area contributed by atoms with Crippen LogP contribution in [0.3, 0.4) is 0 Å². The zero-order valence-corrected chi connectivity index (χ0v) is 38.8. The molecule has 0 radical (unpaired) electrons. The van der Waals surface area contributed by atoms with E-state index in [1.165, 1.54) is 94.2 Å². The van der Waals surface area contributed by atoms with Gasteiger partial charge >= 0.3 is 0 Å². The van der Waals surface area contributed by atoms with Crippen molar-refractivity contribution in [2.45, 2.75) is 24.7 Å². The lowest BCUT2D eigenvalue weighted by Gasteiger charge is -2.35. The second-order valence-corrected chi connectivity index (χ2v) is 19.1. The summed E-state index contributed by atoms with van der Waals surface area (Å²) in [5.74, 6) is 0. The third-order valence-corrected chi connectivity index (χ3v) is 15.2. The lowest BCUT2D eigenvalue weighted by molar-refractivity contribution is 0.660. The monoisotopic (exact) mass is 879 g/mol. The van der Waals surface area contributed by atoms with Crippen molar-refractivity contribution in [3.05, 3.63) is 294 Å². The van der Waals surface area contributed by atoms with Gasteiger partial charge in [0.2, 0.25) is 0 Å². The van der Waals surface area contributed by atoms with Crippen LogP contribution in [0.1, 0.15) is 47.2 Å². The highest BCUT2D eigenvalue weighted by Gasteiger charge is 2.46. The molecule has 0 aliphatic heterocycles. The van der Waals surface area contributed by atoms with Crippen molar-refractivity contribution in [1.82, 2.24) is 0 Å². The number of hydrogen-bond acceptors (Lipinski definition) is 1. The van der Waals surface area contributed by atoms with E-state index in [0.29, 0.717) is 0 Å². The van der Waals surface area contributed by atoms with Crippen molar-refractivity contribution in [3.8, 4) is 55.6 Å². The highest BCUT2D eigenvalue weighted by Crippen LogP contribution is 2.59. The predicted octanol–water partition coefficient (Wildman–Crippen LogP) is 18.0. The van der Waals surface area contributed by atoms with Crippen molar-refractivity contribution in [1.29, 1.82) is 0 Å². The fourth-order valence-corrected chi connectivity index (χ4v) is 12.1. The number of anilines is 3. The summed E-state index contributed by atoms with van der Waals surface area (Å²) < 4.78 is 0. The summed E-state index contributed by atoms with van der Waals surface area (Å²) in [7, 11) is 0. The molecule has 11 aromatic carbocycles. The third-order valence-electron chi connectivity index (χ3n) is 15.2. The number of nitrogens with zero attached hydrogens (tertiary/aromatic N) is 1. The third kappa shape index (κ3) is 6.24. The number of hydrogen-bond donors (Lipinski definition) is 0. The van der Waals surface area contributed by atoms with E-state index >= 15 is 0 Å². The Morgan fingerprint density at radius 2 is 0.812 bits per heavy atom. The molecule has 0 amide bonds. The first-order valence-corrected chi connectivity index (χ1v) is 24.2. The Bertz CT molecular complexity index is 3700. The molecule has 0 fully saturated rings. The Kier molecular flexibility index (Phi) is 9.49. The largest absolute Gasteiger partial charge is 0.309 e. The maximum absolute atomic E-state index is 2.57. The standard InChI is InChI=1S/C68H49N/c1-67(2)59-35-19-17-32-55(59)57-44-49(38-41-60(57)67)66-53-31-16-15-24-47(53)39-43-64(66)69(63-37-21-34-54(46-22-7-3-8-23-46)65(63)48-25-9-4-10-26-48)52-40-42-62-58(45-52)56-33-18-20-36-61(56)68(62,50-27-11-5-12-28-50)51-29-13-6-14-30-51/h3-45H,1-2H3. The molecule has 1 heteroatoms. The minimum atomic E-state index is -0.511. The summed E-state index contributed by atoms with van der Waals surface area (Å²) >= 11 is 0. The van der Waals surface area contributed by atoms with Gasteiger partial charge in [-0.3, -0.25) is 0 Å². The van der Waals surface area contributed by atoms with Crippen molar-refractivity contribution >= 4 is 27.8 Å². The topological polar surface area (TPSA) is 3.24 Å². The molecule has 326 valence electrons. The zero-order chi connectivity index (χ0) is 46.1. The molecule has 0 N–H and O–H groups in total. The molecule has 0 saturated heterocycles. The van der Waals surface area contributed by atoms with Crippen LogP contribution in [-0.4, -0.2) is 0 Å². The molecule has 0 spiro atoms. The maximum atomic E-state index is 2.57. The van der Waals surface area contributed by atoms with Crippen LogP contribution in [0.25, 0.3) is 66.4 Å². The summed E-state index contributed by atoms with van der Waals surface area (Å²) in [5, 5.41) is 2.42. The van der Waals surface area contributed by atoms with Crippen LogP contribution in [0.5, 0.6) is 0 Å². The van der Waals surface area contributed by atoms with Crippen LogP contribution in [-0.2, 0) is 10.8 Å². The summed E-state index contributed by atoms with van der Waals surface area (Å²) in [6.45, 7) is 4.73. The van der Waals surface area contributed by atoms with Gasteiger partial charge in [0.15, 0.2) is 0 Å². The second kappa shape index (κ2) is 16.1. The number of fused-ring (bicyclic) bond motifs is 7. The van der Waals surface area contributed by atoms with E-state index in [1.54, 1.807) is 0 Å². The summed E-state index contributed by atoms with van der Waals surface area (Å²) in [5.41, 5.74) is 22.7. The molecule has 0 bridgehead atoms. The molecule has 0 saturated carbocycles. The molecular weight excluding hydrogens is 831 g/mol. The molecule has 0 heterocycles. The van der Waals surface area contributed by atoms with Gasteiger partial charge in [0, 0.05) is 22.2 Å². The Morgan fingerprint density at radius 1 is 0.304 bits per heavy atom. The maximum Gasteiger partial charge on any atom is 0.0713 e. The van der Waals surface area contributed by atoms with Gasteiger partial charge < -0.3 is 4.90 Å². The van der Waals surface area contributed by atoms with E-state index in [9.17, 15) is 0 Å². The van der Waals surface area contributed by atoms with E-state index in [2.05, 4.69) is 280 Å². The van der Waals surface area contributed by atoms with Crippen LogP contribution in [0.15, 0.2) is 261 Å². The SMILES string of the molecule is CC1(C)c2ccccc2-c2cc(-c3c(N(c4ccc5c(c4)-c4ccccc4C5(c4ccccc4)c4ccccc4)c4cccc(-c5ccccc5)c4-c4ccccc4)ccc4ccccc34)ccc21. The van der Waals surface area contributed by atoms with Gasteiger partial charge in [-0.15, -0.1) is 0 Å². The summed E-state index contributed by atoms with van der Waals surface area (Å²) in [4.78, 5) is 2.57.